The van der Waals surface area contributed by atoms with Crippen LogP contribution in [0.4, 0.5) is 5.69 Å². The summed E-state index contributed by atoms with van der Waals surface area (Å²) >= 11 is 11.6. The van der Waals surface area contributed by atoms with Crippen molar-refractivity contribution in [2.75, 3.05) is 5.32 Å². The van der Waals surface area contributed by atoms with Gasteiger partial charge >= 0.3 is 0 Å². The van der Waals surface area contributed by atoms with Crippen LogP contribution in [0, 0.1) is 0 Å². The van der Waals surface area contributed by atoms with Crippen LogP contribution in [-0.4, -0.2) is 15.5 Å². The number of carbonyl (C=O) groups excluding carboxylic acids is 1. The summed E-state index contributed by atoms with van der Waals surface area (Å²) in [4.78, 5) is 16.1. The van der Waals surface area contributed by atoms with Gasteiger partial charge in [-0.15, -0.1) is 0 Å². The highest BCUT2D eigenvalue weighted by Gasteiger charge is 2.15. The predicted molar refractivity (Wildman–Crippen MR) is 77.0 cm³/mol. The molecule has 0 aliphatic rings. The van der Waals surface area contributed by atoms with Crippen LogP contribution < -0.4 is 5.32 Å². The normalized spacial score (nSPS) is 10.8. The maximum absolute atomic E-state index is 12.2. The number of hydrogen-bond acceptors (Lipinski definition) is 2. The highest BCUT2D eigenvalue weighted by Crippen LogP contribution is 2.20. The Balaban J connectivity index is 2.22. The smallest absolute Gasteiger partial charge is 0.272 e. The molecule has 4 nitrogen and oxygen atoms in total. The molecule has 0 saturated carbocycles. The summed E-state index contributed by atoms with van der Waals surface area (Å²) < 4.78 is 1.82. The number of anilines is 1. The van der Waals surface area contributed by atoms with Gasteiger partial charge in [0, 0.05) is 12.2 Å². The fourth-order valence-corrected chi connectivity index (χ4v) is 2.02. The summed E-state index contributed by atoms with van der Waals surface area (Å²) in [6.07, 6.45) is 3.24. The van der Waals surface area contributed by atoms with Gasteiger partial charge in [-0.2, -0.15) is 0 Å². The fourth-order valence-electron chi connectivity index (χ4n) is 1.70. The second-order valence-electron chi connectivity index (χ2n) is 4.37. The number of nitrogens with zero attached hydrogens (tertiary/aromatic N) is 2. The lowest BCUT2D eigenvalue weighted by Crippen LogP contribution is -2.17. The Kier molecular flexibility index (Phi) is 4.12. The van der Waals surface area contributed by atoms with Gasteiger partial charge < -0.3 is 9.88 Å². The Labute approximate surface area is 121 Å². The maximum atomic E-state index is 12.2. The summed E-state index contributed by atoms with van der Waals surface area (Å²) in [5, 5.41) is 3.67. The summed E-state index contributed by atoms with van der Waals surface area (Å²) in [7, 11) is 0. The van der Waals surface area contributed by atoms with Gasteiger partial charge in [0.25, 0.3) is 5.91 Å². The third-order valence-corrected chi connectivity index (χ3v) is 3.02. The fraction of sp³-hybridized carbons (Fsp3) is 0.231. The van der Waals surface area contributed by atoms with E-state index in [1.54, 1.807) is 24.4 Å². The molecule has 6 heteroatoms. The Morgan fingerprint density at radius 3 is 2.68 bits per heavy atom. The van der Waals surface area contributed by atoms with Crippen molar-refractivity contribution in [1.82, 2.24) is 9.55 Å². The third kappa shape index (κ3) is 3.28. The number of aromatic nitrogens is 2. The summed E-state index contributed by atoms with van der Waals surface area (Å²) in [5.74, 6) is -0.232. The molecule has 0 atom stereocenters. The highest BCUT2D eigenvalue weighted by molar-refractivity contribution is 6.31. The largest absolute Gasteiger partial charge is 0.339 e. The number of halogens is 2. The molecule has 100 valence electrons. The van der Waals surface area contributed by atoms with Crippen LogP contribution in [0.1, 0.15) is 30.4 Å². The average molecular weight is 298 g/mol. The molecule has 2 rings (SSSR count). The van der Waals surface area contributed by atoms with Gasteiger partial charge in [-0.25, -0.2) is 4.98 Å². The molecule has 0 aliphatic heterocycles. The molecule has 2 aromatic heterocycles. The van der Waals surface area contributed by atoms with Gasteiger partial charge in [-0.1, -0.05) is 23.2 Å². The van der Waals surface area contributed by atoms with E-state index in [2.05, 4.69) is 10.3 Å². The first kappa shape index (κ1) is 13.9. The molecule has 1 amide bonds. The van der Waals surface area contributed by atoms with Crippen LogP contribution in [0.5, 0.6) is 0 Å². The van der Waals surface area contributed by atoms with Crippen LogP contribution in [0.3, 0.4) is 0 Å². The molecule has 0 aliphatic carbocycles. The van der Waals surface area contributed by atoms with Crippen molar-refractivity contribution in [1.29, 1.82) is 0 Å². The Hall–Kier alpha value is -1.52. The third-order valence-electron chi connectivity index (χ3n) is 2.59. The van der Waals surface area contributed by atoms with Crippen molar-refractivity contribution in [2.24, 2.45) is 0 Å². The number of nitrogens with one attached hydrogen (secondary N) is 1. The second kappa shape index (κ2) is 5.63. The SMILES string of the molecule is CC(C)n1cc(Cl)cc1C(=O)Nc1ccc(Cl)nc1. The summed E-state index contributed by atoms with van der Waals surface area (Å²) in [5.41, 5.74) is 1.09. The van der Waals surface area contributed by atoms with Crippen molar-refractivity contribution in [3.05, 3.63) is 46.5 Å². The minimum absolute atomic E-state index is 0.150. The number of hydrogen-bond donors (Lipinski definition) is 1. The Bertz CT molecular complexity index is 590. The van der Waals surface area contributed by atoms with E-state index in [1.165, 1.54) is 6.20 Å². The van der Waals surface area contributed by atoms with E-state index < -0.39 is 0 Å². The molecule has 19 heavy (non-hydrogen) atoms. The highest BCUT2D eigenvalue weighted by atomic mass is 35.5. The molecule has 0 saturated heterocycles. The monoisotopic (exact) mass is 297 g/mol. The lowest BCUT2D eigenvalue weighted by atomic mass is 10.3. The van der Waals surface area contributed by atoms with Crippen molar-refractivity contribution < 1.29 is 4.79 Å². The number of amides is 1. The van der Waals surface area contributed by atoms with E-state index in [9.17, 15) is 4.79 Å². The first-order valence-corrected chi connectivity index (χ1v) is 6.53. The van der Waals surface area contributed by atoms with Crippen molar-refractivity contribution >= 4 is 34.8 Å². The summed E-state index contributed by atoms with van der Waals surface area (Å²) in [6.45, 7) is 3.97. The second-order valence-corrected chi connectivity index (χ2v) is 5.19. The predicted octanol–water partition coefficient (Wildman–Crippen LogP) is 4.02. The van der Waals surface area contributed by atoms with Crippen LogP contribution in [0.2, 0.25) is 10.2 Å². The van der Waals surface area contributed by atoms with Gasteiger partial charge in [-0.3, -0.25) is 4.79 Å². The lowest BCUT2D eigenvalue weighted by Gasteiger charge is -2.12. The van der Waals surface area contributed by atoms with E-state index in [-0.39, 0.29) is 11.9 Å². The molecule has 0 radical (unpaired) electrons. The van der Waals surface area contributed by atoms with Crippen LogP contribution >= 0.6 is 23.2 Å². The molecular weight excluding hydrogens is 285 g/mol. The van der Waals surface area contributed by atoms with Gasteiger partial charge in [0.2, 0.25) is 0 Å². The van der Waals surface area contributed by atoms with E-state index >= 15 is 0 Å². The molecular formula is C13H13Cl2N3O. The van der Waals surface area contributed by atoms with Crippen LogP contribution in [-0.2, 0) is 0 Å². The van der Waals surface area contributed by atoms with E-state index in [1.807, 2.05) is 18.4 Å². The van der Waals surface area contributed by atoms with Crippen molar-refractivity contribution in [2.45, 2.75) is 19.9 Å². The van der Waals surface area contributed by atoms with Crippen LogP contribution in [0.15, 0.2) is 30.6 Å². The zero-order chi connectivity index (χ0) is 14.0. The van der Waals surface area contributed by atoms with Crippen LogP contribution in [0.25, 0.3) is 0 Å². The number of rotatable bonds is 3. The topological polar surface area (TPSA) is 46.9 Å². The molecule has 0 fully saturated rings. The zero-order valence-corrected chi connectivity index (χ0v) is 12.0. The van der Waals surface area contributed by atoms with Crippen molar-refractivity contribution in [3.63, 3.8) is 0 Å². The van der Waals surface area contributed by atoms with E-state index in [0.29, 0.717) is 21.6 Å². The number of pyridine rings is 1. The molecule has 2 heterocycles. The molecule has 1 N–H and O–H groups in total. The zero-order valence-electron chi connectivity index (χ0n) is 10.5. The maximum Gasteiger partial charge on any atom is 0.272 e. The molecule has 0 spiro atoms. The first-order valence-electron chi connectivity index (χ1n) is 5.77. The van der Waals surface area contributed by atoms with Gasteiger partial charge in [0.15, 0.2) is 0 Å². The Morgan fingerprint density at radius 1 is 1.37 bits per heavy atom. The Morgan fingerprint density at radius 2 is 2.11 bits per heavy atom. The van der Waals surface area contributed by atoms with Gasteiger partial charge in [0.05, 0.1) is 16.9 Å². The lowest BCUT2D eigenvalue weighted by molar-refractivity contribution is 0.101. The van der Waals surface area contributed by atoms with Crippen molar-refractivity contribution in [3.8, 4) is 0 Å². The molecule has 0 bridgehead atoms. The number of carbonyl (C=O) groups is 1. The summed E-state index contributed by atoms with van der Waals surface area (Å²) in [6, 6.07) is 5.10. The standard InChI is InChI=1S/C13H13Cl2N3O/c1-8(2)18-7-9(14)5-11(18)13(19)17-10-3-4-12(15)16-6-10/h3-8H,1-2H3,(H,17,19). The average Bonchev–Trinajstić information content (AvgIpc) is 2.74. The molecule has 0 unspecified atom stereocenters. The molecule has 2 aromatic rings. The minimum Gasteiger partial charge on any atom is -0.339 e. The minimum atomic E-state index is -0.232. The van der Waals surface area contributed by atoms with E-state index in [0.717, 1.165) is 0 Å². The van der Waals surface area contributed by atoms with Gasteiger partial charge in [0.1, 0.15) is 10.8 Å². The first-order chi connectivity index (χ1) is 8.97. The van der Waals surface area contributed by atoms with Gasteiger partial charge in [-0.05, 0) is 32.0 Å². The molecule has 0 aromatic carbocycles. The quantitative estimate of drug-likeness (QED) is 0.870. The van der Waals surface area contributed by atoms with E-state index in [4.69, 9.17) is 23.2 Å².